The van der Waals surface area contributed by atoms with Crippen LogP contribution in [0.25, 0.3) is 0 Å². The van der Waals surface area contributed by atoms with Crippen LogP contribution in [0.15, 0.2) is 12.1 Å². The molecule has 86 valence electrons. The number of methoxy groups -OCH3 is 1. The van der Waals surface area contributed by atoms with Crippen LogP contribution in [0.4, 0.5) is 5.82 Å². The van der Waals surface area contributed by atoms with Crippen molar-refractivity contribution in [3.63, 3.8) is 0 Å². The van der Waals surface area contributed by atoms with Gasteiger partial charge in [0.25, 0.3) is 0 Å². The summed E-state index contributed by atoms with van der Waals surface area (Å²) < 4.78 is 4.79. The SMILES string of the molecule is COCC(O)CNc1ccc(C)c(C#N)n1. The van der Waals surface area contributed by atoms with E-state index in [4.69, 9.17) is 10.00 Å². The lowest BCUT2D eigenvalue weighted by Crippen LogP contribution is -2.24. The standard InChI is InChI=1S/C11H15N3O2/c1-8-3-4-11(14-10(8)5-12)13-6-9(15)7-16-2/h3-4,9,15H,6-7H2,1-2H3,(H,13,14). The molecule has 5 nitrogen and oxygen atoms in total. The van der Waals surface area contributed by atoms with Crippen molar-refractivity contribution in [2.45, 2.75) is 13.0 Å². The maximum Gasteiger partial charge on any atom is 0.145 e. The van der Waals surface area contributed by atoms with Crippen LogP contribution >= 0.6 is 0 Å². The molecular weight excluding hydrogens is 206 g/mol. The zero-order valence-electron chi connectivity index (χ0n) is 9.40. The summed E-state index contributed by atoms with van der Waals surface area (Å²) in [4.78, 5) is 4.10. The Labute approximate surface area is 94.7 Å². The molecular formula is C11H15N3O2. The number of pyridine rings is 1. The van der Waals surface area contributed by atoms with Gasteiger partial charge in [0.15, 0.2) is 0 Å². The zero-order valence-corrected chi connectivity index (χ0v) is 9.40. The lowest BCUT2D eigenvalue weighted by molar-refractivity contribution is 0.0727. The molecule has 1 aromatic heterocycles. The average Bonchev–Trinajstić information content (AvgIpc) is 2.28. The number of nitrogens with zero attached hydrogens (tertiary/aromatic N) is 2. The smallest absolute Gasteiger partial charge is 0.145 e. The van der Waals surface area contributed by atoms with E-state index in [-0.39, 0.29) is 6.61 Å². The zero-order chi connectivity index (χ0) is 12.0. The van der Waals surface area contributed by atoms with E-state index >= 15 is 0 Å². The van der Waals surface area contributed by atoms with Crippen molar-refractivity contribution in [3.05, 3.63) is 23.4 Å². The average molecular weight is 221 g/mol. The first-order chi connectivity index (χ1) is 7.67. The molecule has 0 fully saturated rings. The van der Waals surface area contributed by atoms with Crippen molar-refractivity contribution in [1.82, 2.24) is 4.98 Å². The molecule has 2 N–H and O–H groups in total. The number of aliphatic hydroxyl groups is 1. The molecule has 5 heteroatoms. The van der Waals surface area contributed by atoms with E-state index in [1.165, 1.54) is 7.11 Å². The molecule has 0 aliphatic heterocycles. The Morgan fingerprint density at radius 2 is 2.38 bits per heavy atom. The second-order valence-corrected chi connectivity index (χ2v) is 3.46. The largest absolute Gasteiger partial charge is 0.389 e. The Hall–Kier alpha value is -1.64. The van der Waals surface area contributed by atoms with Gasteiger partial charge in [0.1, 0.15) is 17.6 Å². The fourth-order valence-electron chi connectivity index (χ4n) is 1.21. The molecule has 1 unspecified atom stereocenters. The van der Waals surface area contributed by atoms with Crippen molar-refractivity contribution in [2.75, 3.05) is 25.6 Å². The van der Waals surface area contributed by atoms with Crippen molar-refractivity contribution < 1.29 is 9.84 Å². The Bertz CT molecular complexity index is 387. The molecule has 0 saturated heterocycles. The first-order valence-electron chi connectivity index (χ1n) is 4.96. The van der Waals surface area contributed by atoms with Crippen molar-refractivity contribution in [1.29, 1.82) is 5.26 Å². The monoisotopic (exact) mass is 221 g/mol. The van der Waals surface area contributed by atoms with E-state index < -0.39 is 6.10 Å². The number of anilines is 1. The van der Waals surface area contributed by atoms with Crippen LogP contribution in [0, 0.1) is 18.3 Å². The van der Waals surface area contributed by atoms with Gasteiger partial charge in [-0.15, -0.1) is 0 Å². The van der Waals surface area contributed by atoms with Crippen LogP contribution in [0.5, 0.6) is 0 Å². The van der Waals surface area contributed by atoms with Crippen LogP contribution in [0.3, 0.4) is 0 Å². The lowest BCUT2D eigenvalue weighted by atomic mass is 10.2. The Morgan fingerprint density at radius 3 is 3.00 bits per heavy atom. The van der Waals surface area contributed by atoms with E-state index in [1.807, 2.05) is 19.1 Å². The third kappa shape index (κ3) is 3.50. The van der Waals surface area contributed by atoms with Crippen LogP contribution in [0.2, 0.25) is 0 Å². The van der Waals surface area contributed by atoms with E-state index in [1.54, 1.807) is 6.07 Å². The Balaban J connectivity index is 2.58. The van der Waals surface area contributed by atoms with Gasteiger partial charge in [-0.3, -0.25) is 0 Å². The number of nitriles is 1. The van der Waals surface area contributed by atoms with Crippen LogP contribution in [-0.2, 0) is 4.74 Å². The summed E-state index contributed by atoms with van der Waals surface area (Å²) in [6.07, 6.45) is -0.585. The number of aliphatic hydroxyl groups excluding tert-OH is 1. The minimum absolute atomic E-state index is 0.268. The molecule has 0 aliphatic carbocycles. The molecule has 0 saturated carbocycles. The summed E-state index contributed by atoms with van der Waals surface area (Å²) in [7, 11) is 1.53. The number of hydrogen-bond donors (Lipinski definition) is 2. The lowest BCUT2D eigenvalue weighted by Gasteiger charge is -2.11. The first kappa shape index (κ1) is 12.4. The predicted octanol–water partition coefficient (Wildman–Crippen LogP) is 0.681. The van der Waals surface area contributed by atoms with E-state index in [2.05, 4.69) is 10.3 Å². The molecule has 1 aromatic rings. The highest BCUT2D eigenvalue weighted by Crippen LogP contribution is 2.09. The van der Waals surface area contributed by atoms with Gasteiger partial charge in [-0.05, 0) is 18.6 Å². The predicted molar refractivity (Wildman–Crippen MR) is 60.1 cm³/mol. The van der Waals surface area contributed by atoms with Crippen LogP contribution in [0.1, 0.15) is 11.3 Å². The molecule has 1 heterocycles. The maximum atomic E-state index is 9.41. The molecule has 1 atom stereocenters. The number of rotatable bonds is 5. The summed E-state index contributed by atoms with van der Waals surface area (Å²) in [5.41, 5.74) is 1.23. The van der Waals surface area contributed by atoms with Gasteiger partial charge >= 0.3 is 0 Å². The highest BCUT2D eigenvalue weighted by Gasteiger charge is 2.05. The highest BCUT2D eigenvalue weighted by atomic mass is 16.5. The van der Waals surface area contributed by atoms with Crippen molar-refractivity contribution in [3.8, 4) is 6.07 Å². The number of aryl methyl sites for hydroxylation is 1. The van der Waals surface area contributed by atoms with Gasteiger partial charge < -0.3 is 15.2 Å². The second kappa shape index (κ2) is 6.05. The summed E-state index contributed by atoms with van der Waals surface area (Å²) in [5.74, 6) is 0.581. The second-order valence-electron chi connectivity index (χ2n) is 3.46. The summed E-state index contributed by atoms with van der Waals surface area (Å²) in [5, 5.41) is 21.1. The number of hydrogen-bond acceptors (Lipinski definition) is 5. The fourth-order valence-corrected chi connectivity index (χ4v) is 1.21. The van der Waals surface area contributed by atoms with Crippen LogP contribution < -0.4 is 5.32 Å². The maximum absolute atomic E-state index is 9.41. The van der Waals surface area contributed by atoms with E-state index in [0.717, 1.165) is 5.56 Å². The van der Waals surface area contributed by atoms with Gasteiger partial charge in [0.2, 0.25) is 0 Å². The third-order valence-electron chi connectivity index (χ3n) is 2.08. The van der Waals surface area contributed by atoms with Gasteiger partial charge in [-0.25, -0.2) is 4.98 Å². The van der Waals surface area contributed by atoms with Gasteiger partial charge in [0.05, 0.1) is 12.7 Å². The minimum Gasteiger partial charge on any atom is -0.389 e. The van der Waals surface area contributed by atoms with Gasteiger partial charge in [0, 0.05) is 13.7 Å². The summed E-state index contributed by atoms with van der Waals surface area (Å²) in [6.45, 7) is 2.44. The molecule has 1 rings (SSSR count). The minimum atomic E-state index is -0.585. The van der Waals surface area contributed by atoms with E-state index in [9.17, 15) is 5.11 Å². The molecule has 0 radical (unpaired) electrons. The quantitative estimate of drug-likeness (QED) is 0.764. The molecule has 0 aromatic carbocycles. The first-order valence-corrected chi connectivity index (χ1v) is 4.96. The van der Waals surface area contributed by atoms with Crippen molar-refractivity contribution >= 4 is 5.82 Å². The molecule has 0 spiro atoms. The summed E-state index contributed by atoms with van der Waals surface area (Å²) >= 11 is 0. The normalized spacial score (nSPS) is 11.9. The van der Waals surface area contributed by atoms with E-state index in [0.29, 0.717) is 18.1 Å². The number of nitrogens with one attached hydrogen (secondary N) is 1. The summed E-state index contributed by atoms with van der Waals surface area (Å²) in [6, 6.07) is 5.60. The molecule has 16 heavy (non-hydrogen) atoms. The fraction of sp³-hybridized carbons (Fsp3) is 0.455. The van der Waals surface area contributed by atoms with Crippen LogP contribution in [-0.4, -0.2) is 36.5 Å². The number of ether oxygens (including phenoxy) is 1. The topological polar surface area (TPSA) is 78.2 Å². The molecule has 0 bridgehead atoms. The Morgan fingerprint density at radius 1 is 1.62 bits per heavy atom. The molecule has 0 amide bonds. The highest BCUT2D eigenvalue weighted by molar-refractivity contribution is 5.42. The number of aromatic nitrogens is 1. The van der Waals surface area contributed by atoms with Gasteiger partial charge in [-0.1, -0.05) is 6.07 Å². The van der Waals surface area contributed by atoms with Gasteiger partial charge in [-0.2, -0.15) is 5.26 Å². The Kier molecular flexibility index (Phi) is 4.70. The molecule has 0 aliphatic rings. The van der Waals surface area contributed by atoms with Crippen molar-refractivity contribution in [2.24, 2.45) is 0 Å². The third-order valence-corrected chi connectivity index (χ3v) is 2.08.